The molecule has 0 radical (unpaired) electrons. The van der Waals surface area contributed by atoms with Crippen LogP contribution < -0.4 is 4.90 Å². The van der Waals surface area contributed by atoms with Crippen molar-refractivity contribution in [2.75, 3.05) is 4.90 Å². The molecule has 0 unspecified atom stereocenters. The Kier molecular flexibility index (Phi) is 3.49. The molecule has 0 saturated heterocycles. The van der Waals surface area contributed by atoms with Crippen molar-refractivity contribution in [2.45, 2.75) is 6.92 Å². The SMILES string of the molecule is Cc1ccc(N(C(=O)S)c2ccccc2)cc1. The van der Waals surface area contributed by atoms with Gasteiger partial charge in [0.1, 0.15) is 0 Å². The van der Waals surface area contributed by atoms with Crippen LogP contribution in [0.15, 0.2) is 54.6 Å². The van der Waals surface area contributed by atoms with Gasteiger partial charge in [0.15, 0.2) is 0 Å². The van der Waals surface area contributed by atoms with Crippen LogP contribution in [0.2, 0.25) is 0 Å². The standard InChI is InChI=1S/C14H13NOS/c1-11-7-9-13(10-8-11)15(14(16)17)12-5-3-2-4-6-12/h2-10H,1H3,(H,16,17). The minimum Gasteiger partial charge on any atom is -0.272 e. The summed E-state index contributed by atoms with van der Waals surface area (Å²) in [7, 11) is 0. The summed E-state index contributed by atoms with van der Waals surface area (Å²) < 4.78 is 0. The van der Waals surface area contributed by atoms with Crippen LogP contribution >= 0.6 is 12.6 Å². The number of hydrogen-bond acceptors (Lipinski definition) is 1. The molecule has 0 aliphatic rings. The Bertz CT molecular complexity index is 508. The van der Waals surface area contributed by atoms with Gasteiger partial charge < -0.3 is 0 Å². The predicted molar refractivity (Wildman–Crippen MR) is 74.1 cm³/mol. The Morgan fingerprint density at radius 3 is 2.00 bits per heavy atom. The van der Waals surface area contributed by atoms with Crippen molar-refractivity contribution < 1.29 is 4.79 Å². The highest BCUT2D eigenvalue weighted by Crippen LogP contribution is 2.26. The second kappa shape index (κ2) is 5.06. The fourth-order valence-corrected chi connectivity index (χ4v) is 1.87. The quantitative estimate of drug-likeness (QED) is 0.784. The van der Waals surface area contributed by atoms with Crippen LogP contribution in [0.4, 0.5) is 16.2 Å². The summed E-state index contributed by atoms with van der Waals surface area (Å²) >= 11 is 3.93. The van der Waals surface area contributed by atoms with E-state index >= 15 is 0 Å². The summed E-state index contributed by atoms with van der Waals surface area (Å²) in [5.74, 6) is 0. The van der Waals surface area contributed by atoms with E-state index in [1.165, 1.54) is 0 Å². The molecule has 86 valence electrons. The molecule has 0 bridgehead atoms. The van der Waals surface area contributed by atoms with Crippen molar-refractivity contribution >= 4 is 29.2 Å². The van der Waals surface area contributed by atoms with Gasteiger partial charge in [-0.05, 0) is 31.2 Å². The number of aryl methyl sites for hydroxylation is 1. The lowest BCUT2D eigenvalue weighted by atomic mass is 10.2. The van der Waals surface area contributed by atoms with Crippen molar-refractivity contribution in [2.24, 2.45) is 0 Å². The van der Waals surface area contributed by atoms with E-state index in [1.54, 1.807) is 4.90 Å². The van der Waals surface area contributed by atoms with Crippen molar-refractivity contribution in [3.05, 3.63) is 60.2 Å². The zero-order valence-corrected chi connectivity index (χ0v) is 10.4. The third-order valence-corrected chi connectivity index (χ3v) is 2.70. The predicted octanol–water partition coefficient (Wildman–Crippen LogP) is 4.18. The fourth-order valence-electron chi connectivity index (χ4n) is 1.64. The molecule has 2 aromatic rings. The number of para-hydroxylation sites is 1. The molecule has 0 heterocycles. The van der Waals surface area contributed by atoms with E-state index in [-0.39, 0.29) is 5.24 Å². The first-order valence-electron chi connectivity index (χ1n) is 5.33. The largest absolute Gasteiger partial charge is 0.287 e. The number of nitrogens with zero attached hydrogens (tertiary/aromatic N) is 1. The van der Waals surface area contributed by atoms with Gasteiger partial charge in [-0.3, -0.25) is 9.69 Å². The van der Waals surface area contributed by atoms with E-state index in [0.717, 1.165) is 16.9 Å². The first-order chi connectivity index (χ1) is 8.18. The summed E-state index contributed by atoms with van der Waals surface area (Å²) in [6.07, 6.45) is 0. The summed E-state index contributed by atoms with van der Waals surface area (Å²) in [5, 5.41) is -0.292. The smallest absolute Gasteiger partial charge is 0.272 e. The van der Waals surface area contributed by atoms with Crippen molar-refractivity contribution in [1.82, 2.24) is 0 Å². The first kappa shape index (κ1) is 11.7. The van der Waals surface area contributed by atoms with E-state index in [9.17, 15) is 4.79 Å². The molecular weight excluding hydrogens is 230 g/mol. The van der Waals surface area contributed by atoms with Gasteiger partial charge in [0.2, 0.25) is 0 Å². The number of hydrogen-bond donors (Lipinski definition) is 1. The molecule has 0 fully saturated rings. The number of rotatable bonds is 2. The van der Waals surface area contributed by atoms with E-state index in [4.69, 9.17) is 0 Å². The molecule has 2 rings (SSSR count). The van der Waals surface area contributed by atoms with Crippen molar-refractivity contribution in [3.63, 3.8) is 0 Å². The van der Waals surface area contributed by atoms with Crippen molar-refractivity contribution in [3.8, 4) is 0 Å². The number of benzene rings is 2. The highest BCUT2D eigenvalue weighted by atomic mass is 32.1. The number of amides is 1. The Morgan fingerprint density at radius 2 is 1.47 bits per heavy atom. The lowest BCUT2D eigenvalue weighted by Gasteiger charge is -2.20. The zero-order chi connectivity index (χ0) is 12.3. The van der Waals surface area contributed by atoms with Gasteiger partial charge in [-0.2, -0.15) is 0 Å². The van der Waals surface area contributed by atoms with Crippen LogP contribution in [-0.4, -0.2) is 5.24 Å². The molecule has 0 saturated carbocycles. The van der Waals surface area contributed by atoms with Crippen molar-refractivity contribution in [1.29, 1.82) is 0 Å². The van der Waals surface area contributed by atoms with E-state index < -0.39 is 0 Å². The molecule has 2 nitrogen and oxygen atoms in total. The van der Waals surface area contributed by atoms with Crippen LogP contribution in [0.3, 0.4) is 0 Å². The lowest BCUT2D eigenvalue weighted by Crippen LogP contribution is -2.19. The molecular formula is C14H13NOS. The van der Waals surface area contributed by atoms with E-state index in [0.29, 0.717) is 0 Å². The second-order valence-electron chi connectivity index (χ2n) is 3.79. The number of carbonyl (C=O) groups excluding carboxylic acids is 1. The molecule has 2 aromatic carbocycles. The number of anilines is 2. The van der Waals surface area contributed by atoms with Crippen LogP contribution in [0.5, 0.6) is 0 Å². The Labute approximate surface area is 106 Å². The summed E-state index contributed by atoms with van der Waals surface area (Å²) in [6.45, 7) is 2.01. The zero-order valence-electron chi connectivity index (χ0n) is 9.50. The molecule has 1 amide bonds. The number of carbonyl (C=O) groups is 1. The van der Waals surface area contributed by atoms with E-state index in [2.05, 4.69) is 12.6 Å². The van der Waals surface area contributed by atoms with Crippen LogP contribution in [0, 0.1) is 6.92 Å². The molecule has 3 heteroatoms. The van der Waals surface area contributed by atoms with Gasteiger partial charge in [0, 0.05) is 11.4 Å². The average Bonchev–Trinajstić information content (AvgIpc) is 2.33. The Hall–Kier alpha value is -1.74. The molecule has 0 aromatic heterocycles. The molecule has 0 N–H and O–H groups in total. The Balaban J connectivity index is 2.43. The summed E-state index contributed by atoms with van der Waals surface area (Å²) in [5.41, 5.74) is 2.80. The molecule has 0 aliphatic heterocycles. The minimum absolute atomic E-state index is 0.292. The molecule has 0 spiro atoms. The summed E-state index contributed by atoms with van der Waals surface area (Å²) in [6, 6.07) is 17.2. The highest BCUT2D eigenvalue weighted by molar-refractivity contribution is 7.97. The highest BCUT2D eigenvalue weighted by Gasteiger charge is 2.13. The maximum absolute atomic E-state index is 11.6. The maximum atomic E-state index is 11.6. The van der Waals surface area contributed by atoms with Gasteiger partial charge in [-0.15, -0.1) is 0 Å². The van der Waals surface area contributed by atoms with Gasteiger partial charge in [-0.25, -0.2) is 0 Å². The average molecular weight is 243 g/mol. The van der Waals surface area contributed by atoms with Gasteiger partial charge in [0.25, 0.3) is 5.24 Å². The first-order valence-corrected chi connectivity index (χ1v) is 5.78. The molecule has 0 atom stereocenters. The minimum atomic E-state index is -0.292. The third kappa shape index (κ3) is 2.68. The van der Waals surface area contributed by atoms with Gasteiger partial charge in [0.05, 0.1) is 0 Å². The van der Waals surface area contributed by atoms with Gasteiger partial charge in [-0.1, -0.05) is 48.5 Å². The fraction of sp³-hybridized carbons (Fsp3) is 0.0714. The molecule has 0 aliphatic carbocycles. The Morgan fingerprint density at radius 1 is 0.941 bits per heavy atom. The molecule has 17 heavy (non-hydrogen) atoms. The van der Waals surface area contributed by atoms with Gasteiger partial charge >= 0.3 is 0 Å². The monoisotopic (exact) mass is 243 g/mol. The third-order valence-electron chi connectivity index (χ3n) is 2.50. The van der Waals surface area contributed by atoms with Crippen LogP contribution in [-0.2, 0) is 0 Å². The van der Waals surface area contributed by atoms with Crippen LogP contribution in [0.1, 0.15) is 5.56 Å². The lowest BCUT2D eigenvalue weighted by molar-refractivity contribution is 0.267. The summed E-state index contributed by atoms with van der Waals surface area (Å²) in [4.78, 5) is 13.2. The normalized spacial score (nSPS) is 10.0. The topological polar surface area (TPSA) is 20.3 Å². The van der Waals surface area contributed by atoms with Crippen LogP contribution in [0.25, 0.3) is 0 Å². The van der Waals surface area contributed by atoms with E-state index in [1.807, 2.05) is 61.5 Å². The maximum Gasteiger partial charge on any atom is 0.287 e. The number of thiol groups is 1. The second-order valence-corrected chi connectivity index (χ2v) is 4.17.